The molecule has 0 saturated carbocycles. The highest BCUT2D eigenvalue weighted by atomic mass is 16.3. The molecule has 0 fully saturated rings. The van der Waals surface area contributed by atoms with Gasteiger partial charge >= 0.3 is 0 Å². The maximum absolute atomic E-state index is 12.5. The molecule has 0 aromatic heterocycles. The van der Waals surface area contributed by atoms with Gasteiger partial charge in [0.05, 0.1) is 18.8 Å². The molecule has 0 aromatic rings. The monoisotopic (exact) mass is 870 g/mol. The number of carbonyl (C=O) groups excluding carboxylic acids is 1. The molecule has 0 aliphatic carbocycles. The lowest BCUT2D eigenvalue weighted by molar-refractivity contribution is -0.131. The van der Waals surface area contributed by atoms with E-state index in [-0.39, 0.29) is 6.61 Å². The Bertz CT molecular complexity index is 1000. The summed E-state index contributed by atoms with van der Waals surface area (Å²) in [5.41, 5.74) is 0. The Morgan fingerprint density at radius 2 is 0.661 bits per heavy atom. The van der Waals surface area contributed by atoms with Gasteiger partial charge in [-0.15, -0.1) is 0 Å². The summed E-state index contributed by atoms with van der Waals surface area (Å²) in [7, 11) is 0. The van der Waals surface area contributed by atoms with Crippen LogP contribution in [0.2, 0.25) is 0 Å². The molecule has 0 aliphatic heterocycles. The minimum absolute atomic E-state index is 0.381. The Balaban J connectivity index is 3.60. The van der Waals surface area contributed by atoms with Crippen molar-refractivity contribution in [3.05, 3.63) is 48.6 Å². The first-order chi connectivity index (χ1) is 30.6. The summed E-state index contributed by atoms with van der Waals surface area (Å²) in [6.45, 7) is 4.18. The number of unbranched alkanes of at least 4 members (excludes halogenated alkanes) is 36. The largest absolute Gasteiger partial charge is 0.394 e. The van der Waals surface area contributed by atoms with Gasteiger partial charge in [-0.1, -0.05) is 262 Å². The van der Waals surface area contributed by atoms with E-state index < -0.39 is 24.2 Å². The van der Waals surface area contributed by atoms with Crippen LogP contribution in [0.4, 0.5) is 0 Å². The lowest BCUT2D eigenvalue weighted by atomic mass is 10.0. The van der Waals surface area contributed by atoms with Crippen LogP contribution in [0.3, 0.4) is 0 Å². The topological polar surface area (TPSA) is 89.8 Å². The summed E-state index contributed by atoms with van der Waals surface area (Å²) in [4.78, 5) is 12.5. The molecule has 0 aliphatic rings. The maximum Gasteiger partial charge on any atom is 0.249 e. The van der Waals surface area contributed by atoms with E-state index in [4.69, 9.17) is 0 Å². The molecule has 0 aromatic carbocycles. The van der Waals surface area contributed by atoms with Crippen molar-refractivity contribution >= 4 is 5.91 Å². The van der Waals surface area contributed by atoms with E-state index in [1.807, 2.05) is 6.08 Å². The molecular formula is C57H107NO4. The van der Waals surface area contributed by atoms with Crippen LogP contribution in [0.25, 0.3) is 0 Å². The van der Waals surface area contributed by atoms with Crippen molar-refractivity contribution < 1.29 is 20.1 Å². The molecule has 3 unspecified atom stereocenters. The molecule has 62 heavy (non-hydrogen) atoms. The summed E-state index contributed by atoms with van der Waals surface area (Å²) >= 11 is 0. The van der Waals surface area contributed by atoms with Crippen LogP contribution in [0.15, 0.2) is 48.6 Å². The van der Waals surface area contributed by atoms with Crippen LogP contribution in [0.1, 0.15) is 284 Å². The van der Waals surface area contributed by atoms with E-state index in [9.17, 15) is 20.1 Å². The molecule has 0 heterocycles. The molecule has 4 N–H and O–H groups in total. The van der Waals surface area contributed by atoms with Crippen molar-refractivity contribution in [1.82, 2.24) is 5.32 Å². The maximum atomic E-state index is 12.5. The van der Waals surface area contributed by atoms with Crippen LogP contribution in [0.5, 0.6) is 0 Å². The molecular weight excluding hydrogens is 763 g/mol. The quantitative estimate of drug-likeness (QED) is 0.0362. The first-order valence-corrected chi connectivity index (χ1v) is 27.5. The zero-order valence-electron chi connectivity index (χ0n) is 41.5. The predicted octanol–water partition coefficient (Wildman–Crippen LogP) is 16.8. The zero-order chi connectivity index (χ0) is 45.1. The van der Waals surface area contributed by atoms with E-state index in [1.165, 1.54) is 218 Å². The van der Waals surface area contributed by atoms with Crippen molar-refractivity contribution in [3.63, 3.8) is 0 Å². The van der Waals surface area contributed by atoms with Crippen LogP contribution in [-0.2, 0) is 4.79 Å². The van der Waals surface area contributed by atoms with Gasteiger partial charge in [0.15, 0.2) is 0 Å². The van der Waals surface area contributed by atoms with Gasteiger partial charge in [-0.25, -0.2) is 0 Å². The number of rotatable bonds is 50. The van der Waals surface area contributed by atoms with Gasteiger partial charge in [0.2, 0.25) is 5.91 Å². The third kappa shape index (κ3) is 46.3. The second-order valence-corrected chi connectivity index (χ2v) is 18.8. The highest BCUT2D eigenvalue weighted by Crippen LogP contribution is 2.16. The fourth-order valence-electron chi connectivity index (χ4n) is 8.33. The van der Waals surface area contributed by atoms with E-state index in [0.717, 1.165) is 44.9 Å². The van der Waals surface area contributed by atoms with E-state index in [2.05, 4.69) is 55.6 Å². The van der Waals surface area contributed by atoms with E-state index in [0.29, 0.717) is 6.42 Å². The van der Waals surface area contributed by atoms with E-state index in [1.54, 1.807) is 6.08 Å². The van der Waals surface area contributed by atoms with Crippen molar-refractivity contribution in [2.45, 2.75) is 302 Å². The number of allylic oxidation sites excluding steroid dienone is 7. The van der Waals surface area contributed by atoms with Gasteiger partial charge in [0, 0.05) is 0 Å². The molecule has 3 atom stereocenters. The Labute approximate surface area is 387 Å². The summed E-state index contributed by atoms with van der Waals surface area (Å²) in [6, 6.07) is -0.822. The molecule has 5 nitrogen and oxygen atoms in total. The second-order valence-electron chi connectivity index (χ2n) is 18.8. The van der Waals surface area contributed by atoms with Crippen LogP contribution in [-0.4, -0.2) is 46.1 Å². The zero-order valence-corrected chi connectivity index (χ0v) is 41.5. The minimum atomic E-state index is -1.11. The number of carbonyl (C=O) groups is 1. The number of nitrogens with one attached hydrogen (secondary N) is 1. The van der Waals surface area contributed by atoms with Gasteiger partial charge in [0.1, 0.15) is 6.10 Å². The number of hydrogen-bond acceptors (Lipinski definition) is 4. The smallest absolute Gasteiger partial charge is 0.249 e. The third-order valence-electron chi connectivity index (χ3n) is 12.6. The molecule has 0 bridgehead atoms. The SMILES string of the molecule is CCCCCCCCCC/C=C/CC/C=C/CC/C=C/C(O)C(CO)NC(=O)C(O)CCCCCCCCCCCCCCCC/C=C\CCCCCCCCCCCCCC. The number of hydrogen-bond donors (Lipinski definition) is 4. The van der Waals surface area contributed by atoms with Crippen LogP contribution < -0.4 is 5.32 Å². The Hall–Kier alpha value is -1.69. The average molecular weight is 870 g/mol. The van der Waals surface area contributed by atoms with Crippen LogP contribution in [0, 0.1) is 0 Å². The van der Waals surface area contributed by atoms with Gasteiger partial charge in [0.25, 0.3) is 0 Å². The molecule has 0 saturated heterocycles. The van der Waals surface area contributed by atoms with Gasteiger partial charge in [-0.2, -0.15) is 0 Å². The first kappa shape index (κ1) is 60.3. The van der Waals surface area contributed by atoms with Crippen molar-refractivity contribution in [2.75, 3.05) is 6.61 Å². The van der Waals surface area contributed by atoms with Gasteiger partial charge < -0.3 is 20.6 Å². The normalized spacial score (nSPS) is 13.7. The lowest BCUT2D eigenvalue weighted by Crippen LogP contribution is -2.48. The number of aliphatic hydroxyl groups is 3. The summed E-state index contributed by atoms with van der Waals surface area (Å²) in [6.07, 6.45) is 69.0. The standard InChI is InChI=1S/C57H107NO4/c1-3-5-7-9-11-13-15-17-19-21-23-24-25-26-27-28-29-30-31-32-33-34-36-38-40-42-44-46-48-50-52-56(61)57(62)58-54(53-59)55(60)51-49-47-45-43-41-39-37-35-22-20-18-16-14-12-10-8-6-4-2/h22,26-27,35,41,43,49,51,54-56,59-61H,3-21,23-25,28-34,36-40,42,44-48,50,52-53H2,1-2H3,(H,58,62)/b27-26-,35-22+,43-41+,51-49+. The predicted molar refractivity (Wildman–Crippen MR) is 273 cm³/mol. The fraction of sp³-hybridized carbons (Fsp3) is 0.842. The molecule has 5 heteroatoms. The highest BCUT2D eigenvalue weighted by molar-refractivity contribution is 5.80. The lowest BCUT2D eigenvalue weighted by Gasteiger charge is -2.21. The summed E-state index contributed by atoms with van der Waals surface area (Å²) in [5, 5.41) is 33.3. The van der Waals surface area contributed by atoms with Crippen molar-refractivity contribution in [2.24, 2.45) is 0 Å². The Morgan fingerprint density at radius 1 is 0.387 bits per heavy atom. The minimum Gasteiger partial charge on any atom is -0.394 e. The Morgan fingerprint density at radius 3 is 0.984 bits per heavy atom. The highest BCUT2D eigenvalue weighted by Gasteiger charge is 2.22. The second kappa shape index (κ2) is 51.9. The molecule has 1 amide bonds. The first-order valence-electron chi connectivity index (χ1n) is 27.5. The van der Waals surface area contributed by atoms with Gasteiger partial charge in [-0.05, 0) is 70.6 Å². The fourth-order valence-corrected chi connectivity index (χ4v) is 8.33. The number of amides is 1. The third-order valence-corrected chi connectivity index (χ3v) is 12.6. The molecule has 0 spiro atoms. The van der Waals surface area contributed by atoms with E-state index >= 15 is 0 Å². The summed E-state index contributed by atoms with van der Waals surface area (Å²) < 4.78 is 0. The molecule has 0 rings (SSSR count). The van der Waals surface area contributed by atoms with Crippen molar-refractivity contribution in [3.8, 4) is 0 Å². The average Bonchev–Trinajstić information content (AvgIpc) is 3.28. The molecule has 0 radical (unpaired) electrons. The van der Waals surface area contributed by atoms with Crippen LogP contribution >= 0.6 is 0 Å². The summed E-state index contributed by atoms with van der Waals surface area (Å²) in [5.74, 6) is -0.515. The Kier molecular flexibility index (Phi) is 50.5. The number of aliphatic hydroxyl groups excluding tert-OH is 3. The van der Waals surface area contributed by atoms with Crippen molar-refractivity contribution in [1.29, 1.82) is 0 Å². The van der Waals surface area contributed by atoms with Gasteiger partial charge in [-0.3, -0.25) is 4.79 Å². The molecule has 364 valence electrons.